The summed E-state index contributed by atoms with van der Waals surface area (Å²) in [6.45, 7) is 7.37. The van der Waals surface area contributed by atoms with E-state index in [1.54, 1.807) is 12.5 Å². The SMILES string of the molecule is Cc1c(C(=O)OC(C)(C)C)oc2cccc(-c3ccoc3)c12. The fourth-order valence-electron chi connectivity index (χ4n) is 2.48. The van der Waals surface area contributed by atoms with Gasteiger partial charge in [0.25, 0.3) is 0 Å². The van der Waals surface area contributed by atoms with E-state index < -0.39 is 11.6 Å². The van der Waals surface area contributed by atoms with Crippen molar-refractivity contribution >= 4 is 16.9 Å². The molecule has 0 amide bonds. The molecule has 2 heterocycles. The summed E-state index contributed by atoms with van der Waals surface area (Å²) in [5, 5.41) is 0.907. The first kappa shape index (κ1) is 14.4. The normalized spacial score (nSPS) is 11.8. The number of ether oxygens (including phenoxy) is 1. The molecule has 0 saturated carbocycles. The monoisotopic (exact) mass is 298 g/mol. The molecule has 0 radical (unpaired) electrons. The van der Waals surface area contributed by atoms with E-state index in [-0.39, 0.29) is 5.76 Å². The van der Waals surface area contributed by atoms with E-state index in [0.29, 0.717) is 5.58 Å². The molecule has 3 aromatic rings. The molecule has 0 bridgehead atoms. The van der Waals surface area contributed by atoms with Crippen molar-refractivity contribution in [1.82, 2.24) is 0 Å². The first-order valence-corrected chi connectivity index (χ1v) is 7.15. The van der Waals surface area contributed by atoms with Gasteiger partial charge in [-0.05, 0) is 45.4 Å². The summed E-state index contributed by atoms with van der Waals surface area (Å²) in [5.74, 6) is -0.194. The molecule has 0 fully saturated rings. The van der Waals surface area contributed by atoms with Crippen LogP contribution in [0.5, 0.6) is 0 Å². The molecule has 2 aromatic heterocycles. The number of fused-ring (bicyclic) bond motifs is 1. The summed E-state index contributed by atoms with van der Waals surface area (Å²) >= 11 is 0. The van der Waals surface area contributed by atoms with Crippen molar-refractivity contribution < 1.29 is 18.4 Å². The van der Waals surface area contributed by atoms with Gasteiger partial charge in [-0.15, -0.1) is 0 Å². The van der Waals surface area contributed by atoms with Crippen molar-refractivity contribution in [3.63, 3.8) is 0 Å². The third kappa shape index (κ3) is 2.52. The number of aryl methyl sites for hydroxylation is 1. The molecule has 114 valence electrons. The van der Waals surface area contributed by atoms with Gasteiger partial charge < -0.3 is 13.6 Å². The van der Waals surface area contributed by atoms with Crippen LogP contribution >= 0.6 is 0 Å². The minimum Gasteiger partial charge on any atom is -0.472 e. The second kappa shape index (κ2) is 5.05. The van der Waals surface area contributed by atoms with Gasteiger partial charge in [0.2, 0.25) is 5.76 Å². The largest absolute Gasteiger partial charge is 0.472 e. The molecular formula is C18H18O4. The van der Waals surface area contributed by atoms with E-state index in [4.69, 9.17) is 13.6 Å². The zero-order chi connectivity index (χ0) is 15.9. The van der Waals surface area contributed by atoms with Crippen LogP contribution in [-0.4, -0.2) is 11.6 Å². The lowest BCUT2D eigenvalue weighted by Crippen LogP contribution is -2.23. The molecule has 3 rings (SSSR count). The van der Waals surface area contributed by atoms with E-state index in [1.165, 1.54) is 0 Å². The highest BCUT2D eigenvalue weighted by molar-refractivity contribution is 6.02. The molecule has 0 unspecified atom stereocenters. The Kier molecular flexibility index (Phi) is 3.32. The van der Waals surface area contributed by atoms with Gasteiger partial charge in [0.1, 0.15) is 11.2 Å². The van der Waals surface area contributed by atoms with Gasteiger partial charge in [-0.1, -0.05) is 12.1 Å². The predicted octanol–water partition coefficient (Wildman–Crippen LogP) is 4.96. The van der Waals surface area contributed by atoms with Crippen LogP contribution in [0.4, 0.5) is 0 Å². The smallest absolute Gasteiger partial charge is 0.375 e. The Morgan fingerprint density at radius 2 is 1.95 bits per heavy atom. The fraction of sp³-hybridized carbons (Fsp3) is 0.278. The quantitative estimate of drug-likeness (QED) is 0.628. The topological polar surface area (TPSA) is 52.6 Å². The maximum atomic E-state index is 12.3. The van der Waals surface area contributed by atoms with Crippen LogP contribution in [0.1, 0.15) is 36.9 Å². The Balaban J connectivity index is 2.14. The van der Waals surface area contributed by atoms with Crippen molar-refractivity contribution in [2.45, 2.75) is 33.3 Å². The number of benzene rings is 1. The Hall–Kier alpha value is -2.49. The molecule has 0 spiro atoms. The number of hydrogen-bond donors (Lipinski definition) is 0. The lowest BCUT2D eigenvalue weighted by molar-refractivity contribution is 0.00372. The van der Waals surface area contributed by atoms with Crippen molar-refractivity contribution in [2.75, 3.05) is 0 Å². The van der Waals surface area contributed by atoms with Gasteiger partial charge in [0.05, 0.1) is 12.5 Å². The maximum absolute atomic E-state index is 12.3. The standard InChI is InChI=1S/C18H18O4/c1-11-15-13(12-8-9-20-10-12)6-5-7-14(15)21-16(11)17(19)22-18(2,3)4/h5-10H,1-4H3. The van der Waals surface area contributed by atoms with E-state index >= 15 is 0 Å². The molecular weight excluding hydrogens is 280 g/mol. The van der Waals surface area contributed by atoms with Crippen LogP contribution in [0.2, 0.25) is 0 Å². The molecule has 0 aliphatic heterocycles. The van der Waals surface area contributed by atoms with Crippen LogP contribution < -0.4 is 0 Å². The Morgan fingerprint density at radius 1 is 1.18 bits per heavy atom. The molecule has 0 saturated heterocycles. The van der Waals surface area contributed by atoms with Gasteiger partial charge in [0.15, 0.2) is 0 Å². The molecule has 22 heavy (non-hydrogen) atoms. The molecule has 0 aliphatic carbocycles. The van der Waals surface area contributed by atoms with Crippen LogP contribution in [0.25, 0.3) is 22.1 Å². The van der Waals surface area contributed by atoms with Crippen LogP contribution in [0.3, 0.4) is 0 Å². The highest BCUT2D eigenvalue weighted by Crippen LogP contribution is 2.35. The Morgan fingerprint density at radius 3 is 2.59 bits per heavy atom. The van der Waals surface area contributed by atoms with Gasteiger partial charge in [-0.2, -0.15) is 0 Å². The van der Waals surface area contributed by atoms with Crippen LogP contribution in [0.15, 0.2) is 45.6 Å². The summed E-state index contributed by atoms with van der Waals surface area (Å²) in [6.07, 6.45) is 3.30. The summed E-state index contributed by atoms with van der Waals surface area (Å²) in [4.78, 5) is 12.3. The zero-order valence-electron chi connectivity index (χ0n) is 13.1. The van der Waals surface area contributed by atoms with Crippen molar-refractivity contribution in [3.05, 3.63) is 48.1 Å². The summed E-state index contributed by atoms with van der Waals surface area (Å²) in [7, 11) is 0. The number of rotatable bonds is 2. The number of carbonyl (C=O) groups is 1. The zero-order valence-corrected chi connectivity index (χ0v) is 13.1. The Labute approximate surface area is 128 Å². The number of hydrogen-bond acceptors (Lipinski definition) is 4. The third-order valence-electron chi connectivity index (χ3n) is 3.37. The lowest BCUT2D eigenvalue weighted by atomic mass is 10.0. The highest BCUT2D eigenvalue weighted by atomic mass is 16.6. The predicted molar refractivity (Wildman–Crippen MR) is 83.8 cm³/mol. The third-order valence-corrected chi connectivity index (χ3v) is 3.37. The first-order chi connectivity index (χ1) is 10.4. The minimum atomic E-state index is -0.560. The Bertz CT molecular complexity index is 817. The second-order valence-corrected chi connectivity index (χ2v) is 6.25. The average Bonchev–Trinajstić information content (AvgIpc) is 3.05. The second-order valence-electron chi connectivity index (χ2n) is 6.25. The summed E-state index contributed by atoms with van der Waals surface area (Å²) in [6, 6.07) is 7.61. The molecule has 1 aromatic carbocycles. The van der Waals surface area contributed by atoms with Gasteiger partial charge in [-0.3, -0.25) is 0 Å². The van der Waals surface area contributed by atoms with Gasteiger partial charge >= 0.3 is 5.97 Å². The van der Waals surface area contributed by atoms with Crippen molar-refractivity contribution in [1.29, 1.82) is 0 Å². The van der Waals surface area contributed by atoms with Crippen molar-refractivity contribution in [2.24, 2.45) is 0 Å². The lowest BCUT2D eigenvalue weighted by Gasteiger charge is -2.18. The average molecular weight is 298 g/mol. The molecule has 0 atom stereocenters. The van der Waals surface area contributed by atoms with Crippen LogP contribution in [-0.2, 0) is 4.74 Å². The van der Waals surface area contributed by atoms with E-state index in [1.807, 2.05) is 52.0 Å². The van der Waals surface area contributed by atoms with Gasteiger partial charge in [-0.25, -0.2) is 4.79 Å². The molecule has 4 nitrogen and oxygen atoms in total. The first-order valence-electron chi connectivity index (χ1n) is 7.15. The molecule has 0 N–H and O–H groups in total. The maximum Gasteiger partial charge on any atom is 0.375 e. The highest BCUT2D eigenvalue weighted by Gasteiger charge is 2.25. The molecule has 0 aliphatic rings. The van der Waals surface area contributed by atoms with Crippen LogP contribution in [0, 0.1) is 6.92 Å². The van der Waals surface area contributed by atoms with E-state index in [2.05, 4.69) is 0 Å². The minimum absolute atomic E-state index is 0.251. The summed E-state index contributed by atoms with van der Waals surface area (Å²) in [5.41, 5.74) is 2.81. The number of esters is 1. The van der Waals surface area contributed by atoms with E-state index in [0.717, 1.165) is 22.1 Å². The van der Waals surface area contributed by atoms with E-state index in [9.17, 15) is 4.79 Å². The number of furan rings is 2. The van der Waals surface area contributed by atoms with Gasteiger partial charge in [0, 0.05) is 16.5 Å². The fourth-order valence-corrected chi connectivity index (χ4v) is 2.48. The van der Waals surface area contributed by atoms with Crippen molar-refractivity contribution in [3.8, 4) is 11.1 Å². The number of carbonyl (C=O) groups excluding carboxylic acids is 1. The summed E-state index contributed by atoms with van der Waals surface area (Å²) < 4.78 is 16.3. The molecule has 4 heteroatoms.